The first kappa shape index (κ1) is 8.23. The largest absolute Gasteiger partial charge is 0.276 e. The molecule has 3 heteroatoms. The Bertz CT molecular complexity index is 318. The Morgan fingerprint density at radius 3 is 2.85 bits per heavy atom. The molecule has 1 saturated carbocycles. The molecule has 0 unspecified atom stereocenters. The number of nitrogens with zero attached hydrogens (tertiary/aromatic N) is 1. The fourth-order valence-corrected chi connectivity index (χ4v) is 1.01. The van der Waals surface area contributed by atoms with Gasteiger partial charge in [-0.15, -0.1) is 0 Å². The van der Waals surface area contributed by atoms with Crippen LogP contribution in [0, 0.1) is 11.7 Å². The van der Waals surface area contributed by atoms with Gasteiger partial charge in [-0.05, 0) is 30.9 Å². The standard InChI is InChI=1S/C10H11FN2/c11-9-3-1-2-4-10(9)13-12-7-8-5-6-8/h1-4,7-8,13H,5-6H2/b12-7+. The van der Waals surface area contributed by atoms with Crippen LogP contribution in [0.25, 0.3) is 0 Å². The topological polar surface area (TPSA) is 24.4 Å². The molecule has 1 aromatic carbocycles. The second-order valence-corrected chi connectivity index (χ2v) is 3.21. The predicted molar refractivity (Wildman–Crippen MR) is 51.2 cm³/mol. The van der Waals surface area contributed by atoms with E-state index >= 15 is 0 Å². The van der Waals surface area contributed by atoms with E-state index in [1.54, 1.807) is 18.2 Å². The van der Waals surface area contributed by atoms with E-state index < -0.39 is 0 Å². The van der Waals surface area contributed by atoms with Crippen molar-refractivity contribution in [2.45, 2.75) is 12.8 Å². The molecule has 13 heavy (non-hydrogen) atoms. The van der Waals surface area contributed by atoms with E-state index in [0.29, 0.717) is 11.6 Å². The molecule has 1 aromatic rings. The first-order valence-corrected chi connectivity index (χ1v) is 4.40. The highest BCUT2D eigenvalue weighted by molar-refractivity contribution is 5.65. The van der Waals surface area contributed by atoms with Crippen molar-refractivity contribution in [1.82, 2.24) is 0 Å². The van der Waals surface area contributed by atoms with Gasteiger partial charge in [0.15, 0.2) is 0 Å². The maximum absolute atomic E-state index is 13.0. The molecule has 2 rings (SSSR count). The molecule has 2 nitrogen and oxygen atoms in total. The van der Waals surface area contributed by atoms with Crippen molar-refractivity contribution in [2.24, 2.45) is 11.0 Å². The molecule has 0 aromatic heterocycles. The van der Waals surface area contributed by atoms with Crippen LogP contribution < -0.4 is 5.43 Å². The monoisotopic (exact) mass is 178 g/mol. The van der Waals surface area contributed by atoms with Crippen LogP contribution in [0.1, 0.15) is 12.8 Å². The van der Waals surface area contributed by atoms with Gasteiger partial charge in [0.25, 0.3) is 0 Å². The maximum Gasteiger partial charge on any atom is 0.148 e. The van der Waals surface area contributed by atoms with Crippen molar-refractivity contribution in [2.75, 3.05) is 5.43 Å². The minimum atomic E-state index is -0.268. The summed E-state index contributed by atoms with van der Waals surface area (Å²) in [6, 6.07) is 6.51. The molecule has 0 atom stereocenters. The van der Waals surface area contributed by atoms with E-state index in [0.717, 1.165) is 0 Å². The molecule has 0 spiro atoms. The van der Waals surface area contributed by atoms with E-state index in [2.05, 4.69) is 10.5 Å². The number of rotatable bonds is 3. The summed E-state index contributed by atoms with van der Waals surface area (Å²) in [6.07, 6.45) is 4.26. The van der Waals surface area contributed by atoms with E-state index in [-0.39, 0.29) is 5.82 Å². The quantitative estimate of drug-likeness (QED) is 0.558. The molecule has 0 radical (unpaired) electrons. The lowest BCUT2D eigenvalue weighted by Crippen LogP contribution is -1.92. The molecular weight excluding hydrogens is 167 g/mol. The minimum Gasteiger partial charge on any atom is -0.276 e. The highest BCUT2D eigenvalue weighted by Gasteiger charge is 2.18. The first-order chi connectivity index (χ1) is 6.36. The molecule has 0 aliphatic heterocycles. The SMILES string of the molecule is Fc1ccccc1N/N=C/C1CC1. The van der Waals surface area contributed by atoms with Crippen molar-refractivity contribution in [3.8, 4) is 0 Å². The number of nitrogens with one attached hydrogen (secondary N) is 1. The van der Waals surface area contributed by atoms with E-state index in [4.69, 9.17) is 0 Å². The van der Waals surface area contributed by atoms with Gasteiger partial charge in [-0.1, -0.05) is 12.1 Å². The highest BCUT2D eigenvalue weighted by Crippen LogP contribution is 2.26. The van der Waals surface area contributed by atoms with Crippen molar-refractivity contribution < 1.29 is 4.39 Å². The van der Waals surface area contributed by atoms with Gasteiger partial charge < -0.3 is 0 Å². The van der Waals surface area contributed by atoms with Crippen LogP contribution in [0.3, 0.4) is 0 Å². The Morgan fingerprint density at radius 2 is 2.15 bits per heavy atom. The summed E-state index contributed by atoms with van der Waals surface area (Å²) in [6.45, 7) is 0. The van der Waals surface area contributed by atoms with Gasteiger partial charge in [-0.3, -0.25) is 5.43 Å². The summed E-state index contributed by atoms with van der Waals surface area (Å²) < 4.78 is 13.0. The van der Waals surface area contributed by atoms with Crippen molar-refractivity contribution >= 4 is 11.9 Å². The molecule has 0 heterocycles. The zero-order valence-corrected chi connectivity index (χ0v) is 7.20. The lowest BCUT2D eigenvalue weighted by atomic mass is 10.3. The summed E-state index contributed by atoms with van der Waals surface area (Å²) in [5.74, 6) is 0.342. The van der Waals surface area contributed by atoms with Crippen LogP contribution in [-0.2, 0) is 0 Å². The molecule has 68 valence electrons. The number of hydrogen-bond donors (Lipinski definition) is 1. The second-order valence-electron chi connectivity index (χ2n) is 3.21. The third-order valence-corrected chi connectivity index (χ3v) is 1.97. The predicted octanol–water partition coefficient (Wildman–Crippen LogP) is 2.63. The Kier molecular flexibility index (Phi) is 2.25. The van der Waals surface area contributed by atoms with Crippen LogP contribution in [0.4, 0.5) is 10.1 Å². The van der Waals surface area contributed by atoms with Crippen LogP contribution in [0.2, 0.25) is 0 Å². The average molecular weight is 178 g/mol. The summed E-state index contributed by atoms with van der Waals surface area (Å²) >= 11 is 0. The van der Waals surface area contributed by atoms with Gasteiger partial charge in [0.1, 0.15) is 5.82 Å². The van der Waals surface area contributed by atoms with Crippen molar-refractivity contribution in [3.05, 3.63) is 30.1 Å². The molecule has 0 saturated heterocycles. The fraction of sp³-hybridized carbons (Fsp3) is 0.300. The van der Waals surface area contributed by atoms with Gasteiger partial charge >= 0.3 is 0 Å². The van der Waals surface area contributed by atoms with Gasteiger partial charge in [0, 0.05) is 6.21 Å². The van der Waals surface area contributed by atoms with Gasteiger partial charge in [0.05, 0.1) is 5.69 Å². The van der Waals surface area contributed by atoms with E-state index in [1.807, 2.05) is 6.21 Å². The van der Waals surface area contributed by atoms with Crippen LogP contribution in [0.5, 0.6) is 0 Å². The summed E-state index contributed by atoms with van der Waals surface area (Å²) in [7, 11) is 0. The average Bonchev–Trinajstić information content (AvgIpc) is 2.92. The van der Waals surface area contributed by atoms with Gasteiger partial charge in [-0.2, -0.15) is 5.10 Å². The second kappa shape index (κ2) is 3.56. The minimum absolute atomic E-state index is 0.268. The summed E-state index contributed by atoms with van der Waals surface area (Å²) in [4.78, 5) is 0. The number of para-hydroxylation sites is 1. The summed E-state index contributed by atoms with van der Waals surface area (Å²) in [5.41, 5.74) is 3.11. The van der Waals surface area contributed by atoms with Crippen LogP contribution >= 0.6 is 0 Å². The zero-order chi connectivity index (χ0) is 9.10. The third kappa shape index (κ3) is 2.28. The van der Waals surface area contributed by atoms with Crippen molar-refractivity contribution in [1.29, 1.82) is 0 Å². The van der Waals surface area contributed by atoms with Crippen LogP contribution in [-0.4, -0.2) is 6.21 Å². The Morgan fingerprint density at radius 1 is 1.38 bits per heavy atom. The number of hydrazone groups is 1. The number of halogens is 1. The third-order valence-electron chi connectivity index (χ3n) is 1.97. The van der Waals surface area contributed by atoms with Gasteiger partial charge in [-0.25, -0.2) is 4.39 Å². The van der Waals surface area contributed by atoms with Gasteiger partial charge in [0.2, 0.25) is 0 Å². The lowest BCUT2D eigenvalue weighted by molar-refractivity contribution is 0.630. The van der Waals surface area contributed by atoms with E-state index in [9.17, 15) is 4.39 Å². The molecule has 1 aliphatic rings. The lowest BCUT2D eigenvalue weighted by Gasteiger charge is -1.99. The number of anilines is 1. The molecule has 1 N–H and O–H groups in total. The first-order valence-electron chi connectivity index (χ1n) is 4.40. The Labute approximate surface area is 76.5 Å². The molecule has 1 aliphatic carbocycles. The Hall–Kier alpha value is -1.38. The van der Waals surface area contributed by atoms with Crippen LogP contribution in [0.15, 0.2) is 29.4 Å². The molecule has 1 fully saturated rings. The fourth-order valence-electron chi connectivity index (χ4n) is 1.01. The molecule has 0 amide bonds. The molecular formula is C10H11FN2. The smallest absolute Gasteiger partial charge is 0.148 e. The summed E-state index contributed by atoms with van der Waals surface area (Å²) in [5, 5.41) is 3.95. The highest BCUT2D eigenvalue weighted by atomic mass is 19.1. The maximum atomic E-state index is 13.0. The Balaban J connectivity index is 1.96. The molecule has 0 bridgehead atoms. The zero-order valence-electron chi connectivity index (χ0n) is 7.20. The number of hydrogen-bond acceptors (Lipinski definition) is 2. The van der Waals surface area contributed by atoms with E-state index in [1.165, 1.54) is 18.9 Å². The van der Waals surface area contributed by atoms with Crippen molar-refractivity contribution in [3.63, 3.8) is 0 Å². The number of benzene rings is 1. The normalized spacial score (nSPS) is 16.4.